The number of esters is 2. The maximum absolute atomic E-state index is 12.2. The summed E-state index contributed by atoms with van der Waals surface area (Å²) < 4.78 is 12.1. The van der Waals surface area contributed by atoms with E-state index in [-0.39, 0.29) is 13.2 Å². The molecular formula is C19H26N2O4. The molecule has 0 aliphatic heterocycles. The van der Waals surface area contributed by atoms with Gasteiger partial charge in [-0.3, -0.25) is 14.3 Å². The summed E-state index contributed by atoms with van der Waals surface area (Å²) in [6.07, 6.45) is 3.74. The van der Waals surface area contributed by atoms with Crippen molar-refractivity contribution in [2.45, 2.75) is 46.6 Å². The van der Waals surface area contributed by atoms with E-state index in [0.717, 1.165) is 23.9 Å². The molecular weight excluding hydrogens is 320 g/mol. The number of ether oxygens (including phenoxy) is 2. The molecule has 1 heterocycles. The molecule has 0 radical (unpaired) electrons. The van der Waals surface area contributed by atoms with Gasteiger partial charge < -0.3 is 9.47 Å². The van der Waals surface area contributed by atoms with Crippen molar-refractivity contribution < 1.29 is 19.1 Å². The van der Waals surface area contributed by atoms with Crippen LogP contribution in [-0.4, -0.2) is 34.9 Å². The molecule has 136 valence electrons. The Hall–Kier alpha value is -2.37. The van der Waals surface area contributed by atoms with Crippen LogP contribution >= 0.6 is 0 Å². The van der Waals surface area contributed by atoms with Gasteiger partial charge in [-0.2, -0.15) is 5.10 Å². The zero-order chi connectivity index (χ0) is 18.3. The molecule has 25 heavy (non-hydrogen) atoms. The molecule has 0 atom stereocenters. The summed E-state index contributed by atoms with van der Waals surface area (Å²) in [5.74, 6) is -1.03. The minimum absolute atomic E-state index is 0.243. The lowest BCUT2D eigenvalue weighted by atomic mass is 9.85. The van der Waals surface area contributed by atoms with Crippen molar-refractivity contribution in [1.29, 1.82) is 0 Å². The van der Waals surface area contributed by atoms with Crippen molar-refractivity contribution in [3.63, 3.8) is 0 Å². The molecule has 0 spiro atoms. The lowest BCUT2D eigenvalue weighted by Crippen LogP contribution is -2.39. The second kappa shape index (κ2) is 8.65. The molecule has 2 rings (SSSR count). The first-order valence-electron chi connectivity index (χ1n) is 8.78. The summed E-state index contributed by atoms with van der Waals surface area (Å²) in [7, 11) is 0. The van der Waals surface area contributed by atoms with E-state index in [1.165, 1.54) is 0 Å². The fourth-order valence-corrected chi connectivity index (χ4v) is 2.81. The number of aryl methyl sites for hydroxylation is 1. The lowest BCUT2D eigenvalue weighted by molar-refractivity contribution is -0.171. The van der Waals surface area contributed by atoms with E-state index in [1.807, 2.05) is 35.1 Å². The predicted molar refractivity (Wildman–Crippen MR) is 95.0 cm³/mol. The summed E-state index contributed by atoms with van der Waals surface area (Å²) >= 11 is 0. The number of benzene rings is 1. The molecule has 0 aliphatic rings. The lowest BCUT2D eigenvalue weighted by Gasteiger charge is -2.24. The fraction of sp³-hybridized carbons (Fsp3) is 0.526. The number of fused-ring (bicyclic) bond motifs is 1. The fourth-order valence-electron chi connectivity index (χ4n) is 2.81. The molecule has 1 aromatic carbocycles. The first-order chi connectivity index (χ1) is 12.0. The van der Waals surface area contributed by atoms with Gasteiger partial charge in [-0.15, -0.1) is 0 Å². The second-order valence-corrected chi connectivity index (χ2v) is 6.16. The molecule has 0 N–H and O–H groups in total. The molecule has 0 fully saturated rings. The predicted octanol–water partition coefficient (Wildman–Crippen LogP) is 3.34. The van der Waals surface area contributed by atoms with Crippen LogP contribution in [0.15, 0.2) is 30.5 Å². The van der Waals surface area contributed by atoms with Gasteiger partial charge in [0, 0.05) is 11.9 Å². The van der Waals surface area contributed by atoms with Crippen LogP contribution in [0.25, 0.3) is 10.9 Å². The van der Waals surface area contributed by atoms with E-state index in [2.05, 4.69) is 5.10 Å². The van der Waals surface area contributed by atoms with Crippen LogP contribution in [-0.2, 0) is 25.6 Å². The van der Waals surface area contributed by atoms with Gasteiger partial charge in [0.1, 0.15) is 0 Å². The Labute approximate surface area is 148 Å². The average molecular weight is 346 g/mol. The van der Waals surface area contributed by atoms with Gasteiger partial charge in [0.15, 0.2) is 5.41 Å². The molecule has 6 heteroatoms. The third-order valence-corrected chi connectivity index (χ3v) is 4.30. The van der Waals surface area contributed by atoms with Crippen molar-refractivity contribution in [3.05, 3.63) is 30.5 Å². The molecule has 0 bridgehead atoms. The van der Waals surface area contributed by atoms with E-state index < -0.39 is 17.4 Å². The molecule has 0 aliphatic carbocycles. The smallest absolute Gasteiger partial charge is 0.323 e. The summed E-state index contributed by atoms with van der Waals surface area (Å²) in [5, 5.41) is 5.49. The van der Waals surface area contributed by atoms with Crippen LogP contribution in [0.2, 0.25) is 0 Å². The van der Waals surface area contributed by atoms with Crippen molar-refractivity contribution in [2.75, 3.05) is 13.2 Å². The van der Waals surface area contributed by atoms with E-state index in [1.54, 1.807) is 20.8 Å². The van der Waals surface area contributed by atoms with Crippen LogP contribution in [0, 0.1) is 5.41 Å². The third kappa shape index (κ3) is 4.38. The quantitative estimate of drug-likeness (QED) is 0.396. The Morgan fingerprint density at radius 2 is 1.72 bits per heavy atom. The zero-order valence-corrected chi connectivity index (χ0v) is 15.2. The second-order valence-electron chi connectivity index (χ2n) is 6.16. The van der Waals surface area contributed by atoms with Crippen molar-refractivity contribution in [1.82, 2.24) is 9.78 Å². The Bertz CT molecular complexity index is 705. The number of hydrogen-bond acceptors (Lipinski definition) is 5. The van der Waals surface area contributed by atoms with Crippen molar-refractivity contribution >= 4 is 22.8 Å². The largest absolute Gasteiger partial charge is 0.465 e. The van der Waals surface area contributed by atoms with Gasteiger partial charge in [0.05, 0.1) is 24.9 Å². The number of carbonyl (C=O) groups is 2. The van der Waals surface area contributed by atoms with Gasteiger partial charge in [-0.25, -0.2) is 0 Å². The molecule has 1 aromatic heterocycles. The van der Waals surface area contributed by atoms with Gasteiger partial charge >= 0.3 is 11.9 Å². The van der Waals surface area contributed by atoms with Crippen molar-refractivity contribution in [2.24, 2.45) is 5.41 Å². The molecule has 0 unspecified atom stereocenters. The molecule has 0 saturated heterocycles. The highest BCUT2D eigenvalue weighted by molar-refractivity contribution is 5.99. The standard InChI is InChI=1S/C19H26N2O4/c1-4-24-17(22)19(3,18(23)25-5-2)12-8-9-13-21-16-11-7-6-10-15(16)14-20-21/h6-7,10-11,14H,4-5,8-9,12-13H2,1-3H3. The van der Waals surface area contributed by atoms with E-state index in [0.29, 0.717) is 12.8 Å². The number of carbonyl (C=O) groups excluding carboxylic acids is 2. The SMILES string of the molecule is CCOC(=O)C(C)(CCCCn1ncc2ccccc21)C(=O)OCC. The monoisotopic (exact) mass is 346 g/mol. The Morgan fingerprint density at radius 3 is 2.36 bits per heavy atom. The van der Waals surface area contributed by atoms with Gasteiger partial charge in [0.2, 0.25) is 0 Å². The van der Waals surface area contributed by atoms with Gasteiger partial charge in [-0.1, -0.05) is 18.2 Å². The summed E-state index contributed by atoms with van der Waals surface area (Å²) in [5.41, 5.74) is -0.167. The Kier molecular flexibility index (Phi) is 6.56. The van der Waals surface area contributed by atoms with Crippen molar-refractivity contribution in [3.8, 4) is 0 Å². The van der Waals surface area contributed by atoms with Gasteiger partial charge in [-0.05, 0) is 46.1 Å². The highest BCUT2D eigenvalue weighted by Gasteiger charge is 2.43. The summed E-state index contributed by atoms with van der Waals surface area (Å²) in [4.78, 5) is 24.5. The number of rotatable bonds is 9. The normalized spacial score (nSPS) is 11.5. The molecule has 6 nitrogen and oxygen atoms in total. The number of hydrogen-bond donors (Lipinski definition) is 0. The molecule has 2 aromatic rings. The van der Waals surface area contributed by atoms with E-state index in [9.17, 15) is 9.59 Å². The summed E-state index contributed by atoms with van der Waals surface area (Å²) in [6.45, 7) is 6.28. The van der Waals surface area contributed by atoms with Crippen LogP contribution in [0.1, 0.15) is 40.0 Å². The maximum Gasteiger partial charge on any atom is 0.323 e. The highest BCUT2D eigenvalue weighted by Crippen LogP contribution is 2.28. The number of aromatic nitrogens is 2. The van der Waals surface area contributed by atoms with Crippen LogP contribution < -0.4 is 0 Å². The Balaban J connectivity index is 1.96. The molecule has 0 amide bonds. The molecule has 0 saturated carbocycles. The number of para-hydroxylation sites is 1. The first-order valence-corrected chi connectivity index (χ1v) is 8.78. The van der Waals surface area contributed by atoms with Crippen LogP contribution in [0.5, 0.6) is 0 Å². The maximum atomic E-state index is 12.2. The third-order valence-electron chi connectivity index (χ3n) is 4.30. The number of unbranched alkanes of at least 4 members (excludes halogenated alkanes) is 1. The Morgan fingerprint density at radius 1 is 1.08 bits per heavy atom. The minimum Gasteiger partial charge on any atom is -0.465 e. The highest BCUT2D eigenvalue weighted by atomic mass is 16.6. The average Bonchev–Trinajstić information content (AvgIpc) is 3.02. The van der Waals surface area contributed by atoms with Crippen LogP contribution in [0.3, 0.4) is 0 Å². The minimum atomic E-state index is -1.25. The van der Waals surface area contributed by atoms with Crippen LogP contribution in [0.4, 0.5) is 0 Å². The van der Waals surface area contributed by atoms with Gasteiger partial charge in [0.25, 0.3) is 0 Å². The summed E-state index contributed by atoms with van der Waals surface area (Å²) in [6, 6.07) is 8.03. The zero-order valence-electron chi connectivity index (χ0n) is 15.2. The first kappa shape index (κ1) is 19.0. The van der Waals surface area contributed by atoms with E-state index >= 15 is 0 Å². The topological polar surface area (TPSA) is 70.4 Å². The number of nitrogens with zero attached hydrogens (tertiary/aromatic N) is 2. The van der Waals surface area contributed by atoms with E-state index in [4.69, 9.17) is 9.47 Å².